The number of ether oxygens (including phenoxy) is 3. The molecule has 0 aliphatic heterocycles. The minimum Gasteiger partial charge on any atom is -0.481 e. The number of hydrogen-bond acceptors (Lipinski definition) is 10. The Balaban J connectivity index is 2.37. The fraction of sp³-hybridized carbons (Fsp3) is 0.312. The number of esters is 3. The molecular formula is C16H18N2O9. The van der Waals surface area contributed by atoms with E-state index < -0.39 is 55.0 Å². The lowest BCUT2D eigenvalue weighted by atomic mass is 10.2. The number of benzene rings is 1. The maximum absolute atomic E-state index is 11.6. The van der Waals surface area contributed by atoms with Gasteiger partial charge in [-0.15, -0.1) is 0 Å². The van der Waals surface area contributed by atoms with Crippen LogP contribution in [0.25, 0.3) is 0 Å². The van der Waals surface area contributed by atoms with Gasteiger partial charge in [0.25, 0.3) is 0 Å². The first-order valence-corrected chi connectivity index (χ1v) is 7.59. The molecule has 0 amide bonds. The molecule has 0 saturated heterocycles. The largest absolute Gasteiger partial charge is 0.516 e. The average Bonchev–Trinajstić information content (AvgIpc) is 2.60. The van der Waals surface area contributed by atoms with Gasteiger partial charge >= 0.3 is 30.0 Å². The molecule has 0 heterocycles. The number of hydrogen-bond donors (Lipinski definition) is 3. The molecule has 0 bridgehead atoms. The van der Waals surface area contributed by atoms with Gasteiger partial charge in [0.2, 0.25) is 0 Å². The van der Waals surface area contributed by atoms with Crippen molar-refractivity contribution in [3.63, 3.8) is 0 Å². The summed E-state index contributed by atoms with van der Waals surface area (Å²) < 4.78 is 13.3. The van der Waals surface area contributed by atoms with Crippen LogP contribution in [0.5, 0.6) is 0 Å². The number of carboxylic acids is 1. The molecule has 5 N–H and O–H groups in total. The lowest BCUT2D eigenvalue weighted by Crippen LogP contribution is -2.39. The van der Waals surface area contributed by atoms with E-state index in [1.54, 1.807) is 30.3 Å². The lowest BCUT2D eigenvalue weighted by molar-refractivity contribution is -0.163. The molecule has 0 aromatic heterocycles. The first-order valence-electron chi connectivity index (χ1n) is 7.59. The van der Waals surface area contributed by atoms with E-state index >= 15 is 0 Å². The standard InChI is InChI=1S/C16H18N2O9/c17-10(6-12(19)20)14(22)26-13(21)7-11(18)15(23)27-16(24)25-8-9-4-2-1-3-5-9/h1-5,10-11H,6-8,17-18H2,(H,19,20)/t10-,11-/m0/s1. The summed E-state index contributed by atoms with van der Waals surface area (Å²) in [4.78, 5) is 56.3. The van der Waals surface area contributed by atoms with Gasteiger partial charge in [-0.1, -0.05) is 30.3 Å². The van der Waals surface area contributed by atoms with Crippen molar-refractivity contribution >= 4 is 30.0 Å². The van der Waals surface area contributed by atoms with Gasteiger partial charge in [0.15, 0.2) is 0 Å². The zero-order chi connectivity index (χ0) is 20.4. The van der Waals surface area contributed by atoms with E-state index in [0.29, 0.717) is 5.56 Å². The Bertz CT molecular complexity index is 705. The van der Waals surface area contributed by atoms with Gasteiger partial charge in [0.05, 0.1) is 12.8 Å². The normalized spacial score (nSPS) is 12.4. The van der Waals surface area contributed by atoms with Gasteiger partial charge in [-0.3, -0.25) is 9.59 Å². The SMILES string of the molecule is N[C@@H](CC(=O)O)C(=O)OC(=O)C[C@H](N)C(=O)OC(=O)OCc1ccccc1. The highest BCUT2D eigenvalue weighted by Gasteiger charge is 2.26. The maximum Gasteiger partial charge on any atom is 0.516 e. The summed E-state index contributed by atoms with van der Waals surface area (Å²) in [6.07, 6.45) is -2.85. The Kier molecular flexibility index (Phi) is 8.56. The van der Waals surface area contributed by atoms with Crippen molar-refractivity contribution in [1.29, 1.82) is 0 Å². The summed E-state index contributed by atoms with van der Waals surface area (Å²) in [6, 6.07) is 5.42. The van der Waals surface area contributed by atoms with Crippen LogP contribution in [0, 0.1) is 0 Å². The van der Waals surface area contributed by atoms with Crippen LogP contribution in [-0.4, -0.2) is 47.2 Å². The van der Waals surface area contributed by atoms with Gasteiger partial charge < -0.3 is 30.8 Å². The molecule has 0 aliphatic rings. The monoisotopic (exact) mass is 382 g/mol. The maximum atomic E-state index is 11.6. The van der Waals surface area contributed by atoms with Crippen molar-refractivity contribution in [1.82, 2.24) is 0 Å². The molecule has 27 heavy (non-hydrogen) atoms. The third-order valence-corrected chi connectivity index (χ3v) is 2.98. The van der Waals surface area contributed by atoms with Crippen LogP contribution in [0.1, 0.15) is 18.4 Å². The minimum absolute atomic E-state index is 0.139. The molecule has 0 saturated carbocycles. The smallest absolute Gasteiger partial charge is 0.481 e. The Hall–Kier alpha value is -3.31. The van der Waals surface area contributed by atoms with E-state index in [2.05, 4.69) is 9.47 Å². The predicted octanol–water partition coefficient (Wildman–Crippen LogP) is -0.544. The van der Waals surface area contributed by atoms with E-state index in [4.69, 9.17) is 21.3 Å². The highest BCUT2D eigenvalue weighted by Crippen LogP contribution is 2.03. The third kappa shape index (κ3) is 8.56. The molecular weight excluding hydrogens is 364 g/mol. The second-order valence-corrected chi connectivity index (χ2v) is 5.25. The number of nitrogens with two attached hydrogens (primary N) is 2. The highest BCUT2D eigenvalue weighted by molar-refractivity contribution is 5.93. The van der Waals surface area contributed by atoms with Crippen LogP contribution >= 0.6 is 0 Å². The molecule has 146 valence electrons. The summed E-state index contributed by atoms with van der Waals surface area (Å²) >= 11 is 0. The Labute approximate surface area is 153 Å². The zero-order valence-electron chi connectivity index (χ0n) is 14.0. The summed E-state index contributed by atoms with van der Waals surface area (Å²) in [5, 5.41) is 8.49. The number of carbonyl (C=O) groups is 5. The van der Waals surface area contributed by atoms with Crippen molar-refractivity contribution in [3.8, 4) is 0 Å². The average molecular weight is 382 g/mol. The van der Waals surface area contributed by atoms with E-state index in [1.807, 2.05) is 0 Å². The van der Waals surface area contributed by atoms with Crippen LogP contribution in [0.3, 0.4) is 0 Å². The first-order chi connectivity index (χ1) is 12.7. The van der Waals surface area contributed by atoms with E-state index in [0.717, 1.165) is 0 Å². The minimum atomic E-state index is -1.61. The third-order valence-electron chi connectivity index (χ3n) is 2.98. The van der Waals surface area contributed by atoms with E-state index in [1.165, 1.54) is 0 Å². The fourth-order valence-electron chi connectivity index (χ4n) is 1.67. The lowest BCUT2D eigenvalue weighted by Gasteiger charge is -2.11. The predicted molar refractivity (Wildman–Crippen MR) is 86.6 cm³/mol. The van der Waals surface area contributed by atoms with Crippen molar-refractivity contribution in [2.24, 2.45) is 11.5 Å². The molecule has 0 radical (unpaired) electrons. The van der Waals surface area contributed by atoms with Crippen molar-refractivity contribution in [3.05, 3.63) is 35.9 Å². The van der Waals surface area contributed by atoms with Gasteiger partial charge in [-0.2, -0.15) is 0 Å². The molecule has 0 spiro atoms. The number of aliphatic carboxylic acids is 1. The van der Waals surface area contributed by atoms with Crippen LogP contribution in [0.2, 0.25) is 0 Å². The second-order valence-electron chi connectivity index (χ2n) is 5.25. The second kappa shape index (κ2) is 10.6. The Morgan fingerprint density at radius 1 is 0.889 bits per heavy atom. The summed E-state index contributed by atoms with van der Waals surface area (Å²) in [5.74, 6) is -5.15. The molecule has 1 rings (SSSR count). The number of rotatable bonds is 8. The van der Waals surface area contributed by atoms with Crippen LogP contribution in [0.4, 0.5) is 4.79 Å². The first kappa shape index (κ1) is 21.7. The van der Waals surface area contributed by atoms with Gasteiger partial charge in [0.1, 0.15) is 18.7 Å². The molecule has 1 aromatic carbocycles. The number of carbonyl (C=O) groups excluding carboxylic acids is 4. The van der Waals surface area contributed by atoms with Crippen LogP contribution in [0.15, 0.2) is 30.3 Å². The van der Waals surface area contributed by atoms with Crippen molar-refractivity contribution < 1.29 is 43.3 Å². The number of carboxylic acid groups (broad SMARTS) is 1. The molecule has 0 unspecified atom stereocenters. The quantitative estimate of drug-likeness (QED) is 0.387. The summed E-state index contributed by atoms with van der Waals surface area (Å²) in [5.41, 5.74) is 11.3. The molecule has 0 fully saturated rings. The molecule has 0 aliphatic carbocycles. The molecule has 11 heteroatoms. The summed E-state index contributed by atoms with van der Waals surface area (Å²) in [6.45, 7) is -0.139. The molecule has 1 aromatic rings. The van der Waals surface area contributed by atoms with Crippen LogP contribution < -0.4 is 11.5 Å². The van der Waals surface area contributed by atoms with Gasteiger partial charge in [0, 0.05) is 0 Å². The Morgan fingerprint density at radius 3 is 2.04 bits per heavy atom. The highest BCUT2D eigenvalue weighted by atomic mass is 16.7. The van der Waals surface area contributed by atoms with Gasteiger partial charge in [-0.25, -0.2) is 14.4 Å². The molecule has 11 nitrogen and oxygen atoms in total. The summed E-state index contributed by atoms with van der Waals surface area (Å²) in [7, 11) is 0. The molecule has 2 atom stereocenters. The topological polar surface area (TPSA) is 185 Å². The van der Waals surface area contributed by atoms with Crippen molar-refractivity contribution in [2.75, 3.05) is 0 Å². The fourth-order valence-corrected chi connectivity index (χ4v) is 1.67. The van der Waals surface area contributed by atoms with E-state index in [-0.39, 0.29) is 6.61 Å². The van der Waals surface area contributed by atoms with Crippen LogP contribution in [-0.2, 0) is 40.0 Å². The van der Waals surface area contributed by atoms with Gasteiger partial charge in [-0.05, 0) is 5.56 Å². The van der Waals surface area contributed by atoms with Crippen molar-refractivity contribution in [2.45, 2.75) is 31.5 Å². The van der Waals surface area contributed by atoms with E-state index in [9.17, 15) is 24.0 Å². The Morgan fingerprint density at radius 2 is 1.44 bits per heavy atom. The zero-order valence-corrected chi connectivity index (χ0v) is 14.0.